The van der Waals surface area contributed by atoms with Gasteiger partial charge in [0.15, 0.2) is 0 Å². The summed E-state index contributed by atoms with van der Waals surface area (Å²) < 4.78 is 0. The molecule has 0 bridgehead atoms. The molecule has 0 unspecified atom stereocenters. The van der Waals surface area contributed by atoms with Gasteiger partial charge in [-0.3, -0.25) is 4.90 Å². The summed E-state index contributed by atoms with van der Waals surface area (Å²) in [6.07, 6.45) is 0. The highest BCUT2D eigenvalue weighted by atomic mass is 35.5. The van der Waals surface area contributed by atoms with Crippen LogP contribution >= 0.6 is 25.0 Å². The molecule has 0 spiro atoms. The molecule has 3 heteroatoms. The molecule has 0 radical (unpaired) electrons. The van der Waals surface area contributed by atoms with E-state index < -0.39 is 0 Å². The van der Waals surface area contributed by atoms with E-state index in [1.54, 1.807) is 0 Å². The molecular weight excluding hydrogens is 202 g/mol. The van der Waals surface area contributed by atoms with E-state index in [-0.39, 0.29) is 23.5 Å². The standard InChI is InChI=1S/C10H23NS.ClH/c1-9(2,3)11(7-8-12)10(4,5)6;/h12H,7-8H2,1-6H3;1H. The fourth-order valence-corrected chi connectivity index (χ4v) is 1.98. The Morgan fingerprint density at radius 2 is 1.23 bits per heavy atom. The normalized spacial score (nSPS) is 12.9. The van der Waals surface area contributed by atoms with Crippen molar-refractivity contribution in [2.45, 2.75) is 52.6 Å². The second kappa shape index (κ2) is 5.47. The highest BCUT2D eigenvalue weighted by Crippen LogP contribution is 2.23. The van der Waals surface area contributed by atoms with E-state index in [9.17, 15) is 0 Å². The summed E-state index contributed by atoms with van der Waals surface area (Å²) in [7, 11) is 0. The molecule has 0 rings (SSSR count). The Morgan fingerprint density at radius 3 is 1.31 bits per heavy atom. The Morgan fingerprint density at radius 1 is 0.923 bits per heavy atom. The van der Waals surface area contributed by atoms with Crippen molar-refractivity contribution in [1.29, 1.82) is 0 Å². The van der Waals surface area contributed by atoms with Crippen LogP contribution in [0.2, 0.25) is 0 Å². The Kier molecular flexibility index (Phi) is 6.76. The van der Waals surface area contributed by atoms with Crippen LogP contribution in [-0.2, 0) is 0 Å². The fraction of sp³-hybridized carbons (Fsp3) is 1.00. The first kappa shape index (κ1) is 16.0. The molecule has 0 aromatic carbocycles. The molecule has 0 aliphatic heterocycles. The van der Waals surface area contributed by atoms with E-state index in [0.717, 1.165) is 12.3 Å². The van der Waals surface area contributed by atoms with Crippen molar-refractivity contribution in [3.63, 3.8) is 0 Å². The molecule has 0 saturated heterocycles. The zero-order chi connectivity index (χ0) is 9.99. The van der Waals surface area contributed by atoms with Gasteiger partial charge in [-0.25, -0.2) is 0 Å². The van der Waals surface area contributed by atoms with Gasteiger partial charge in [0.1, 0.15) is 0 Å². The van der Waals surface area contributed by atoms with Crippen molar-refractivity contribution >= 4 is 25.0 Å². The quantitative estimate of drug-likeness (QED) is 0.707. The summed E-state index contributed by atoms with van der Waals surface area (Å²) in [5.74, 6) is 0.925. The molecule has 0 atom stereocenters. The van der Waals surface area contributed by atoms with Gasteiger partial charge < -0.3 is 0 Å². The highest BCUT2D eigenvalue weighted by Gasteiger charge is 2.30. The molecular formula is C10H24ClNS. The summed E-state index contributed by atoms with van der Waals surface area (Å²) in [5.41, 5.74) is 0.474. The fourth-order valence-electron chi connectivity index (χ4n) is 1.78. The maximum atomic E-state index is 4.28. The van der Waals surface area contributed by atoms with Gasteiger partial charge in [0.05, 0.1) is 0 Å². The lowest BCUT2D eigenvalue weighted by molar-refractivity contribution is 0.0460. The van der Waals surface area contributed by atoms with Gasteiger partial charge >= 0.3 is 0 Å². The molecule has 0 fully saturated rings. The second-order valence-electron chi connectivity index (χ2n) is 5.22. The Bertz CT molecular complexity index is 121. The largest absolute Gasteiger partial charge is 0.293 e. The van der Waals surface area contributed by atoms with Gasteiger partial charge in [-0.05, 0) is 41.5 Å². The topological polar surface area (TPSA) is 3.24 Å². The van der Waals surface area contributed by atoms with Crippen LogP contribution in [0.4, 0.5) is 0 Å². The third-order valence-corrected chi connectivity index (χ3v) is 2.14. The zero-order valence-corrected chi connectivity index (χ0v) is 11.4. The van der Waals surface area contributed by atoms with E-state index >= 15 is 0 Å². The molecule has 0 aliphatic rings. The van der Waals surface area contributed by atoms with Crippen molar-refractivity contribution in [2.24, 2.45) is 0 Å². The predicted molar refractivity (Wildman–Crippen MR) is 67.3 cm³/mol. The summed E-state index contributed by atoms with van der Waals surface area (Å²) in [6.45, 7) is 14.6. The van der Waals surface area contributed by atoms with E-state index in [4.69, 9.17) is 0 Å². The predicted octanol–water partition coefficient (Wildman–Crippen LogP) is 3.24. The van der Waals surface area contributed by atoms with Crippen LogP contribution in [0.3, 0.4) is 0 Å². The molecule has 0 aromatic rings. The number of thiol groups is 1. The van der Waals surface area contributed by atoms with E-state index in [1.165, 1.54) is 0 Å². The van der Waals surface area contributed by atoms with E-state index in [0.29, 0.717) is 0 Å². The van der Waals surface area contributed by atoms with Crippen LogP contribution in [0.5, 0.6) is 0 Å². The Labute approximate surface area is 95.1 Å². The molecule has 13 heavy (non-hydrogen) atoms. The minimum atomic E-state index is 0. The molecule has 0 aromatic heterocycles. The zero-order valence-electron chi connectivity index (χ0n) is 9.72. The first-order valence-electron chi connectivity index (χ1n) is 4.58. The van der Waals surface area contributed by atoms with Gasteiger partial charge in [0.2, 0.25) is 0 Å². The van der Waals surface area contributed by atoms with Gasteiger partial charge in [-0.2, -0.15) is 12.6 Å². The van der Waals surface area contributed by atoms with Crippen LogP contribution in [0.25, 0.3) is 0 Å². The number of hydrogen-bond acceptors (Lipinski definition) is 2. The van der Waals surface area contributed by atoms with Crippen molar-refractivity contribution in [3.05, 3.63) is 0 Å². The molecule has 0 amide bonds. The molecule has 0 N–H and O–H groups in total. The van der Waals surface area contributed by atoms with Crippen molar-refractivity contribution in [1.82, 2.24) is 4.90 Å². The van der Waals surface area contributed by atoms with Crippen molar-refractivity contribution in [2.75, 3.05) is 12.3 Å². The number of hydrogen-bond donors (Lipinski definition) is 1. The molecule has 1 nitrogen and oxygen atoms in total. The summed E-state index contributed by atoms with van der Waals surface area (Å²) in [4.78, 5) is 2.48. The van der Waals surface area contributed by atoms with Crippen LogP contribution in [-0.4, -0.2) is 28.3 Å². The molecule has 0 heterocycles. The van der Waals surface area contributed by atoms with Gasteiger partial charge in [-0.1, -0.05) is 0 Å². The third kappa shape index (κ3) is 5.82. The maximum absolute atomic E-state index is 4.28. The Hall–Kier alpha value is 0.600. The maximum Gasteiger partial charge on any atom is 0.0130 e. The van der Waals surface area contributed by atoms with Gasteiger partial charge in [0.25, 0.3) is 0 Å². The lowest BCUT2D eigenvalue weighted by Crippen LogP contribution is -2.53. The number of nitrogens with zero attached hydrogens (tertiary/aromatic N) is 1. The SMILES string of the molecule is CC(C)(C)N(CCS)C(C)(C)C.Cl. The van der Waals surface area contributed by atoms with Crippen molar-refractivity contribution in [3.8, 4) is 0 Å². The van der Waals surface area contributed by atoms with E-state index in [1.807, 2.05) is 0 Å². The van der Waals surface area contributed by atoms with Crippen LogP contribution in [0.15, 0.2) is 0 Å². The minimum absolute atomic E-state index is 0. The van der Waals surface area contributed by atoms with E-state index in [2.05, 4.69) is 59.1 Å². The molecule has 0 saturated carbocycles. The number of rotatable bonds is 2. The Balaban J connectivity index is 0. The monoisotopic (exact) mass is 225 g/mol. The summed E-state index contributed by atoms with van der Waals surface area (Å²) >= 11 is 4.28. The lowest BCUT2D eigenvalue weighted by atomic mass is 9.96. The van der Waals surface area contributed by atoms with Crippen LogP contribution < -0.4 is 0 Å². The average molecular weight is 226 g/mol. The molecule has 0 aliphatic carbocycles. The number of halogens is 1. The average Bonchev–Trinajstić information content (AvgIpc) is 1.77. The van der Waals surface area contributed by atoms with Crippen LogP contribution in [0, 0.1) is 0 Å². The van der Waals surface area contributed by atoms with Crippen LogP contribution in [0.1, 0.15) is 41.5 Å². The summed E-state index contributed by atoms with van der Waals surface area (Å²) in [6, 6.07) is 0. The highest BCUT2D eigenvalue weighted by molar-refractivity contribution is 7.80. The van der Waals surface area contributed by atoms with Gasteiger partial charge in [0, 0.05) is 23.4 Å². The van der Waals surface area contributed by atoms with Crippen molar-refractivity contribution < 1.29 is 0 Å². The lowest BCUT2D eigenvalue weighted by Gasteiger charge is -2.45. The first-order chi connectivity index (χ1) is 5.19. The third-order valence-electron chi connectivity index (χ3n) is 1.94. The minimum Gasteiger partial charge on any atom is -0.293 e. The molecule has 82 valence electrons. The summed E-state index contributed by atoms with van der Waals surface area (Å²) in [5, 5.41) is 0. The first-order valence-corrected chi connectivity index (χ1v) is 5.21. The van der Waals surface area contributed by atoms with Gasteiger partial charge in [-0.15, -0.1) is 12.4 Å². The second-order valence-corrected chi connectivity index (χ2v) is 5.66. The smallest absolute Gasteiger partial charge is 0.0130 e.